The minimum atomic E-state index is 0.194. The van der Waals surface area contributed by atoms with Crippen molar-refractivity contribution < 1.29 is 14.3 Å². The van der Waals surface area contributed by atoms with Crippen LogP contribution in [-0.4, -0.2) is 60.5 Å². The summed E-state index contributed by atoms with van der Waals surface area (Å²) in [4.78, 5) is 19.1. The van der Waals surface area contributed by atoms with Gasteiger partial charge in [0.25, 0.3) is 0 Å². The first-order valence-corrected chi connectivity index (χ1v) is 11.0. The maximum atomic E-state index is 12.6. The van der Waals surface area contributed by atoms with Crippen LogP contribution in [0.5, 0.6) is 11.5 Å². The number of hydrogen-bond donors (Lipinski definition) is 0. The predicted octanol–water partition coefficient (Wildman–Crippen LogP) is 3.32. The van der Waals surface area contributed by atoms with Gasteiger partial charge in [-0.05, 0) is 36.5 Å². The summed E-state index contributed by atoms with van der Waals surface area (Å²) < 4.78 is 11.8. The van der Waals surface area contributed by atoms with Gasteiger partial charge in [0.05, 0.1) is 27.2 Å². The lowest BCUT2D eigenvalue weighted by Crippen LogP contribution is -2.39. The molecule has 3 rings (SSSR count). The Bertz CT molecular complexity index is 658. The molecule has 1 amide bonds. The molecular formula is C19H26N2O3S2. The van der Waals surface area contributed by atoms with Gasteiger partial charge in [-0.15, -0.1) is 0 Å². The highest BCUT2D eigenvalue weighted by Crippen LogP contribution is 2.29. The third-order valence-electron chi connectivity index (χ3n) is 4.77. The van der Waals surface area contributed by atoms with Crippen LogP contribution in [0.2, 0.25) is 0 Å². The Morgan fingerprint density at radius 2 is 2.04 bits per heavy atom. The summed E-state index contributed by atoms with van der Waals surface area (Å²) in [5.74, 6) is 4.50. The van der Waals surface area contributed by atoms with Crippen molar-refractivity contribution >= 4 is 33.8 Å². The third-order valence-corrected chi connectivity index (χ3v) is 7.25. The highest BCUT2D eigenvalue weighted by molar-refractivity contribution is 8.39. The summed E-state index contributed by atoms with van der Waals surface area (Å²) in [7, 11) is 3.23. The Morgan fingerprint density at radius 3 is 2.69 bits per heavy atom. The fraction of sp³-hybridized carbons (Fsp3) is 0.579. The number of benzene rings is 1. The van der Waals surface area contributed by atoms with Crippen molar-refractivity contribution in [2.24, 2.45) is 10.9 Å². The monoisotopic (exact) mass is 394 g/mol. The van der Waals surface area contributed by atoms with Crippen molar-refractivity contribution in [1.82, 2.24) is 4.90 Å². The van der Waals surface area contributed by atoms with Crippen molar-refractivity contribution in [3.05, 3.63) is 23.8 Å². The van der Waals surface area contributed by atoms with E-state index < -0.39 is 0 Å². The first kappa shape index (κ1) is 19.4. The Labute approximate surface area is 163 Å². The molecule has 0 unspecified atom stereocenters. The molecule has 0 aromatic heterocycles. The zero-order chi connectivity index (χ0) is 18.4. The Balaban J connectivity index is 1.46. The topological polar surface area (TPSA) is 51.1 Å². The lowest BCUT2D eigenvalue weighted by Gasteiger charge is -2.32. The van der Waals surface area contributed by atoms with Crippen molar-refractivity contribution in [2.45, 2.75) is 19.3 Å². The quantitative estimate of drug-likeness (QED) is 0.741. The molecule has 0 radical (unpaired) electrons. The first-order valence-electron chi connectivity index (χ1n) is 8.98. The van der Waals surface area contributed by atoms with Gasteiger partial charge in [0, 0.05) is 24.6 Å². The van der Waals surface area contributed by atoms with E-state index in [4.69, 9.17) is 9.47 Å². The van der Waals surface area contributed by atoms with Gasteiger partial charge >= 0.3 is 0 Å². The van der Waals surface area contributed by atoms with Gasteiger partial charge in [-0.3, -0.25) is 9.79 Å². The molecule has 2 aliphatic rings. The number of thioether (sulfide) groups is 2. The maximum absolute atomic E-state index is 12.6. The van der Waals surface area contributed by atoms with Crippen LogP contribution in [0.25, 0.3) is 0 Å². The Kier molecular flexibility index (Phi) is 7.14. The van der Waals surface area contributed by atoms with E-state index in [1.54, 1.807) is 14.2 Å². The van der Waals surface area contributed by atoms with Crippen LogP contribution in [-0.2, 0) is 11.2 Å². The maximum Gasteiger partial charge on any atom is 0.226 e. The number of likely N-dealkylation sites (tertiary alicyclic amines) is 1. The molecule has 0 atom stereocenters. The molecule has 1 fully saturated rings. The molecule has 142 valence electrons. The summed E-state index contributed by atoms with van der Waals surface area (Å²) >= 11 is 3.77. The second-order valence-electron chi connectivity index (χ2n) is 6.50. The minimum Gasteiger partial charge on any atom is -0.493 e. The third kappa shape index (κ3) is 5.10. The van der Waals surface area contributed by atoms with E-state index in [2.05, 4.69) is 4.99 Å². The van der Waals surface area contributed by atoms with E-state index in [0.717, 1.165) is 49.5 Å². The first-order chi connectivity index (χ1) is 12.7. The van der Waals surface area contributed by atoms with Crippen LogP contribution < -0.4 is 9.47 Å². The van der Waals surface area contributed by atoms with Crippen molar-refractivity contribution in [3.8, 4) is 11.5 Å². The van der Waals surface area contributed by atoms with Crippen LogP contribution in [0.4, 0.5) is 0 Å². The molecule has 2 aliphatic heterocycles. The molecule has 26 heavy (non-hydrogen) atoms. The van der Waals surface area contributed by atoms with E-state index in [9.17, 15) is 4.79 Å². The molecule has 0 aliphatic carbocycles. The Hall–Kier alpha value is -1.34. The molecule has 0 bridgehead atoms. The highest BCUT2D eigenvalue weighted by Gasteiger charge is 2.24. The number of carbonyl (C=O) groups is 1. The van der Waals surface area contributed by atoms with E-state index in [1.165, 1.54) is 4.38 Å². The molecule has 5 nitrogen and oxygen atoms in total. The average molecular weight is 395 g/mol. The van der Waals surface area contributed by atoms with Crippen LogP contribution in [0.15, 0.2) is 23.2 Å². The number of ether oxygens (including phenoxy) is 2. The van der Waals surface area contributed by atoms with E-state index >= 15 is 0 Å². The van der Waals surface area contributed by atoms with Crippen LogP contribution in [0, 0.1) is 5.92 Å². The summed E-state index contributed by atoms with van der Waals surface area (Å²) in [5, 5.41) is 0. The number of hydrogen-bond acceptors (Lipinski definition) is 6. The molecule has 0 saturated carbocycles. The molecule has 1 saturated heterocycles. The summed E-state index contributed by atoms with van der Waals surface area (Å²) in [6, 6.07) is 5.68. The largest absolute Gasteiger partial charge is 0.493 e. The van der Waals surface area contributed by atoms with Gasteiger partial charge in [0.2, 0.25) is 5.91 Å². The van der Waals surface area contributed by atoms with E-state index in [0.29, 0.717) is 23.8 Å². The molecule has 1 aromatic carbocycles. The predicted molar refractivity (Wildman–Crippen MR) is 110 cm³/mol. The highest BCUT2D eigenvalue weighted by atomic mass is 32.2. The van der Waals surface area contributed by atoms with Crippen molar-refractivity contribution in [2.75, 3.05) is 45.4 Å². The number of amides is 1. The van der Waals surface area contributed by atoms with Gasteiger partial charge in [0.1, 0.15) is 4.38 Å². The molecule has 0 N–H and O–H groups in total. The lowest BCUT2D eigenvalue weighted by molar-refractivity contribution is -0.131. The molecular weight excluding hydrogens is 368 g/mol. The normalized spacial score (nSPS) is 17.9. The lowest BCUT2D eigenvalue weighted by atomic mass is 9.98. The van der Waals surface area contributed by atoms with Gasteiger partial charge < -0.3 is 14.4 Å². The zero-order valence-electron chi connectivity index (χ0n) is 15.4. The zero-order valence-corrected chi connectivity index (χ0v) is 17.0. The van der Waals surface area contributed by atoms with E-state index in [1.807, 2.05) is 46.6 Å². The number of nitrogens with zero attached hydrogens (tertiary/aromatic N) is 2. The van der Waals surface area contributed by atoms with E-state index in [-0.39, 0.29) is 5.91 Å². The second kappa shape index (κ2) is 9.55. The SMILES string of the molecule is COc1ccc(CC(=O)N2CCC(CSC3=NCCS3)CC2)cc1OC. The number of aliphatic imine (C=N–C) groups is 1. The number of piperidine rings is 1. The Morgan fingerprint density at radius 1 is 1.27 bits per heavy atom. The number of rotatable bonds is 6. The van der Waals surface area contributed by atoms with Gasteiger partial charge in [-0.25, -0.2) is 0 Å². The number of carbonyl (C=O) groups excluding carboxylic acids is 1. The fourth-order valence-corrected chi connectivity index (χ4v) is 5.44. The van der Waals surface area contributed by atoms with Crippen LogP contribution >= 0.6 is 23.5 Å². The van der Waals surface area contributed by atoms with Gasteiger partial charge in [-0.1, -0.05) is 29.6 Å². The smallest absolute Gasteiger partial charge is 0.226 e. The molecule has 1 aromatic rings. The molecule has 0 spiro atoms. The molecule has 7 heteroatoms. The minimum absolute atomic E-state index is 0.194. The summed E-state index contributed by atoms with van der Waals surface area (Å²) in [6.45, 7) is 2.68. The second-order valence-corrected chi connectivity index (χ2v) is 8.85. The molecule has 2 heterocycles. The average Bonchev–Trinajstić information content (AvgIpc) is 3.20. The van der Waals surface area contributed by atoms with Crippen LogP contribution in [0.1, 0.15) is 18.4 Å². The van der Waals surface area contributed by atoms with Gasteiger partial charge in [-0.2, -0.15) is 0 Å². The van der Waals surface area contributed by atoms with Crippen LogP contribution in [0.3, 0.4) is 0 Å². The van der Waals surface area contributed by atoms with Crippen molar-refractivity contribution in [3.63, 3.8) is 0 Å². The fourth-order valence-electron chi connectivity index (χ4n) is 3.22. The number of methoxy groups -OCH3 is 2. The summed E-state index contributed by atoms with van der Waals surface area (Å²) in [5.41, 5.74) is 0.960. The van der Waals surface area contributed by atoms with Crippen molar-refractivity contribution in [1.29, 1.82) is 0 Å². The van der Waals surface area contributed by atoms with Gasteiger partial charge in [0.15, 0.2) is 11.5 Å². The standard InChI is InChI=1S/C19H26N2O3S2/c1-23-16-4-3-15(11-17(16)24-2)12-18(22)21-8-5-14(6-9-21)13-26-19-20-7-10-25-19/h3-4,11,14H,5-10,12-13H2,1-2H3. The summed E-state index contributed by atoms with van der Waals surface area (Å²) in [6.07, 6.45) is 2.58.